The van der Waals surface area contributed by atoms with Gasteiger partial charge in [0.25, 0.3) is 0 Å². The third kappa shape index (κ3) is 8.00. The molecule has 0 rings (SSSR count). The first-order chi connectivity index (χ1) is 8.15. The van der Waals surface area contributed by atoms with Gasteiger partial charge in [-0.1, -0.05) is 18.3 Å². The maximum Gasteiger partial charge on any atom is 0.410 e. The van der Waals surface area contributed by atoms with Gasteiger partial charge in [0.05, 0.1) is 0 Å². The smallest absolute Gasteiger partial charge is 0.410 e. The van der Waals surface area contributed by atoms with Crippen LogP contribution in [-0.4, -0.2) is 41.6 Å². The van der Waals surface area contributed by atoms with E-state index in [4.69, 9.17) is 10.5 Å². The minimum Gasteiger partial charge on any atom is -0.444 e. The Labute approximate surface area is 113 Å². The normalized spacial score (nSPS) is 12.2. The molecule has 0 saturated carbocycles. The topological polar surface area (TPSA) is 67.9 Å². The van der Waals surface area contributed by atoms with Gasteiger partial charge in [0.15, 0.2) is 5.17 Å². The molecule has 0 saturated heterocycles. The van der Waals surface area contributed by atoms with E-state index in [1.807, 2.05) is 27.0 Å². The number of thioether (sulfide) groups is 1. The fourth-order valence-corrected chi connectivity index (χ4v) is 1.21. The van der Waals surface area contributed by atoms with Gasteiger partial charge in [-0.15, -0.1) is 0 Å². The molecule has 0 aromatic heterocycles. The van der Waals surface area contributed by atoms with Gasteiger partial charge >= 0.3 is 6.09 Å². The first kappa shape index (κ1) is 16.8. The molecule has 0 spiro atoms. The largest absolute Gasteiger partial charge is 0.444 e. The van der Waals surface area contributed by atoms with E-state index in [0.29, 0.717) is 23.8 Å². The lowest BCUT2D eigenvalue weighted by molar-refractivity contribution is 0.0301. The third-order valence-corrected chi connectivity index (χ3v) is 2.43. The molecule has 0 aliphatic rings. The average molecular weight is 273 g/mol. The average Bonchev–Trinajstić information content (AvgIpc) is 2.23. The maximum atomic E-state index is 11.7. The van der Waals surface area contributed by atoms with Crippen molar-refractivity contribution in [2.24, 2.45) is 10.7 Å². The lowest BCUT2D eigenvalue weighted by Crippen LogP contribution is -2.34. The van der Waals surface area contributed by atoms with Crippen molar-refractivity contribution in [2.75, 3.05) is 19.8 Å². The molecule has 1 amide bonds. The monoisotopic (exact) mass is 273 g/mol. The van der Waals surface area contributed by atoms with Crippen LogP contribution in [-0.2, 0) is 4.74 Å². The van der Waals surface area contributed by atoms with Crippen molar-refractivity contribution in [1.82, 2.24) is 4.90 Å². The molecule has 0 aliphatic heterocycles. The van der Waals surface area contributed by atoms with Crippen LogP contribution in [0.4, 0.5) is 4.79 Å². The maximum absolute atomic E-state index is 11.7. The van der Waals surface area contributed by atoms with Crippen LogP contribution < -0.4 is 5.73 Å². The quantitative estimate of drug-likeness (QED) is 0.631. The molecule has 0 unspecified atom stereocenters. The van der Waals surface area contributed by atoms with Crippen molar-refractivity contribution in [2.45, 2.75) is 32.8 Å². The summed E-state index contributed by atoms with van der Waals surface area (Å²) in [4.78, 5) is 17.2. The summed E-state index contributed by atoms with van der Waals surface area (Å²) in [6.45, 7) is 9.79. The molecular formula is C12H23N3O2S. The molecule has 6 heteroatoms. The number of amidine groups is 1. The van der Waals surface area contributed by atoms with E-state index in [1.165, 1.54) is 16.7 Å². The number of nitrogens with zero attached hydrogens (tertiary/aromatic N) is 2. The molecule has 0 bridgehead atoms. The van der Waals surface area contributed by atoms with Crippen LogP contribution in [0.2, 0.25) is 0 Å². The summed E-state index contributed by atoms with van der Waals surface area (Å²) in [5.41, 5.74) is 5.74. The summed E-state index contributed by atoms with van der Waals surface area (Å²) >= 11 is 1.36. The summed E-state index contributed by atoms with van der Waals surface area (Å²) in [5, 5.41) is 0.472. The van der Waals surface area contributed by atoms with Crippen molar-refractivity contribution in [1.29, 1.82) is 0 Å². The zero-order valence-corrected chi connectivity index (χ0v) is 12.6. The fourth-order valence-electron chi connectivity index (χ4n) is 0.985. The summed E-state index contributed by atoms with van der Waals surface area (Å²) in [6, 6.07) is 0. The van der Waals surface area contributed by atoms with Crippen LogP contribution in [0, 0.1) is 0 Å². The van der Waals surface area contributed by atoms with Crippen LogP contribution in [0.25, 0.3) is 0 Å². The lowest BCUT2D eigenvalue weighted by atomic mass is 10.2. The van der Waals surface area contributed by atoms with Gasteiger partial charge < -0.3 is 15.4 Å². The van der Waals surface area contributed by atoms with Crippen LogP contribution in [0.3, 0.4) is 0 Å². The highest BCUT2D eigenvalue weighted by atomic mass is 32.2. The number of ether oxygens (including phenoxy) is 1. The van der Waals surface area contributed by atoms with E-state index in [-0.39, 0.29) is 6.09 Å². The lowest BCUT2D eigenvalue weighted by Gasteiger charge is -2.24. The van der Waals surface area contributed by atoms with Gasteiger partial charge in [-0.2, -0.15) is 0 Å². The van der Waals surface area contributed by atoms with Crippen molar-refractivity contribution in [3.8, 4) is 0 Å². The Bertz CT molecular complexity index is 335. The van der Waals surface area contributed by atoms with Crippen molar-refractivity contribution in [3.63, 3.8) is 0 Å². The standard InChI is InChI=1S/C12H23N3O2S/c1-9(14-10(13)18-6)7-8-15(5)11(16)17-12(2,3)4/h1,7-8H2,2-6H3,(H2,13,14). The summed E-state index contributed by atoms with van der Waals surface area (Å²) in [5.74, 6) is 0. The van der Waals surface area contributed by atoms with Gasteiger partial charge in [-0.3, -0.25) is 0 Å². The van der Waals surface area contributed by atoms with Gasteiger partial charge in [-0.25, -0.2) is 9.79 Å². The number of amides is 1. The van der Waals surface area contributed by atoms with E-state index >= 15 is 0 Å². The number of rotatable bonds is 4. The first-order valence-electron chi connectivity index (χ1n) is 5.65. The van der Waals surface area contributed by atoms with Crippen LogP contribution in [0.5, 0.6) is 0 Å². The highest BCUT2D eigenvalue weighted by molar-refractivity contribution is 8.13. The predicted octanol–water partition coefficient (Wildman–Crippen LogP) is 2.43. The minimum atomic E-state index is -0.482. The van der Waals surface area contributed by atoms with Crippen molar-refractivity contribution >= 4 is 23.0 Å². The third-order valence-electron chi connectivity index (χ3n) is 1.92. The van der Waals surface area contributed by atoms with Gasteiger partial charge in [0.2, 0.25) is 0 Å². The molecule has 0 radical (unpaired) electrons. The van der Waals surface area contributed by atoms with E-state index in [0.717, 1.165) is 0 Å². The summed E-state index contributed by atoms with van der Waals surface area (Å²) in [7, 11) is 1.68. The molecule has 0 aliphatic carbocycles. The molecular weight excluding hydrogens is 250 g/mol. The molecule has 0 atom stereocenters. The Morgan fingerprint density at radius 1 is 1.50 bits per heavy atom. The Hall–Kier alpha value is -1.17. The summed E-state index contributed by atoms with van der Waals surface area (Å²) in [6.07, 6.45) is 2.06. The second-order valence-electron chi connectivity index (χ2n) is 4.87. The van der Waals surface area contributed by atoms with Crippen molar-refractivity contribution < 1.29 is 9.53 Å². The van der Waals surface area contributed by atoms with Crippen LogP contribution in [0.1, 0.15) is 27.2 Å². The Morgan fingerprint density at radius 3 is 2.50 bits per heavy atom. The van der Waals surface area contributed by atoms with Gasteiger partial charge in [0, 0.05) is 25.7 Å². The highest BCUT2D eigenvalue weighted by Gasteiger charge is 2.19. The molecule has 0 aromatic rings. The minimum absolute atomic E-state index is 0.350. The van der Waals surface area contributed by atoms with Crippen LogP contribution >= 0.6 is 11.8 Å². The zero-order chi connectivity index (χ0) is 14.3. The number of carbonyl (C=O) groups is 1. The van der Waals surface area contributed by atoms with Crippen LogP contribution in [0.15, 0.2) is 17.3 Å². The number of hydrogen-bond acceptors (Lipinski definition) is 4. The molecule has 0 heterocycles. The molecule has 104 valence electrons. The Kier molecular flexibility index (Phi) is 6.83. The number of carbonyl (C=O) groups excluding carboxylic acids is 1. The molecule has 2 N–H and O–H groups in total. The predicted molar refractivity (Wildman–Crippen MR) is 77.8 cm³/mol. The van der Waals surface area contributed by atoms with E-state index in [1.54, 1.807) is 7.05 Å². The Balaban J connectivity index is 4.15. The van der Waals surface area contributed by atoms with E-state index in [2.05, 4.69) is 11.6 Å². The van der Waals surface area contributed by atoms with Gasteiger partial charge in [-0.05, 0) is 27.0 Å². The highest BCUT2D eigenvalue weighted by Crippen LogP contribution is 2.10. The van der Waals surface area contributed by atoms with Crippen molar-refractivity contribution in [3.05, 3.63) is 12.3 Å². The first-order valence-corrected chi connectivity index (χ1v) is 6.88. The SMILES string of the molecule is C=C(CCN(C)C(=O)OC(C)(C)C)N=C(N)SC. The zero-order valence-electron chi connectivity index (χ0n) is 11.8. The van der Waals surface area contributed by atoms with Gasteiger partial charge in [0.1, 0.15) is 5.60 Å². The number of aliphatic imine (C=N–C) groups is 1. The second kappa shape index (κ2) is 7.31. The van der Waals surface area contributed by atoms with E-state index < -0.39 is 5.60 Å². The molecule has 18 heavy (non-hydrogen) atoms. The number of nitrogens with two attached hydrogens (primary N) is 1. The molecule has 0 aromatic carbocycles. The van der Waals surface area contributed by atoms with E-state index in [9.17, 15) is 4.79 Å². The molecule has 5 nitrogen and oxygen atoms in total. The number of hydrogen-bond donors (Lipinski definition) is 1. The second-order valence-corrected chi connectivity index (χ2v) is 5.70. The summed E-state index contributed by atoms with van der Waals surface area (Å²) < 4.78 is 5.23. The molecule has 0 fully saturated rings. The fraction of sp³-hybridized carbons (Fsp3) is 0.667. The Morgan fingerprint density at radius 2 is 2.06 bits per heavy atom.